The lowest BCUT2D eigenvalue weighted by molar-refractivity contribution is 0.165. The van der Waals surface area contributed by atoms with Crippen LogP contribution >= 0.6 is 0 Å². The molecule has 20 heavy (non-hydrogen) atoms. The fraction of sp³-hybridized carbons (Fsp3) is 0.733. The van der Waals surface area contributed by atoms with Gasteiger partial charge >= 0.3 is 0 Å². The molecule has 0 bridgehead atoms. The van der Waals surface area contributed by atoms with E-state index >= 15 is 0 Å². The Hall–Kier alpha value is -1.36. The van der Waals surface area contributed by atoms with Crippen LogP contribution in [0.3, 0.4) is 0 Å². The van der Waals surface area contributed by atoms with Crippen LogP contribution in [0.25, 0.3) is 0 Å². The first-order chi connectivity index (χ1) is 9.55. The van der Waals surface area contributed by atoms with E-state index in [1.165, 1.54) is 19.4 Å². The number of anilines is 2. The van der Waals surface area contributed by atoms with Gasteiger partial charge in [-0.2, -0.15) is 4.98 Å². The largest absolute Gasteiger partial charge is 0.384 e. The predicted octanol–water partition coefficient (Wildman–Crippen LogP) is 2.15. The van der Waals surface area contributed by atoms with Gasteiger partial charge in [0.1, 0.15) is 5.82 Å². The van der Waals surface area contributed by atoms with Gasteiger partial charge in [-0.05, 0) is 38.8 Å². The molecule has 0 radical (unpaired) electrons. The van der Waals surface area contributed by atoms with Crippen LogP contribution < -0.4 is 10.6 Å². The highest BCUT2D eigenvalue weighted by atomic mass is 15.3. The number of likely N-dealkylation sites (tertiary alicyclic amines) is 1. The lowest BCUT2D eigenvalue weighted by atomic mass is 9.88. The molecule has 112 valence electrons. The maximum Gasteiger partial charge on any atom is 0.227 e. The van der Waals surface area contributed by atoms with Gasteiger partial charge in [-0.3, -0.25) is 0 Å². The Morgan fingerprint density at radius 1 is 1.40 bits per heavy atom. The number of nitrogen functional groups attached to an aromatic ring is 1. The van der Waals surface area contributed by atoms with Crippen LogP contribution in [0.4, 0.5) is 11.8 Å². The van der Waals surface area contributed by atoms with Crippen molar-refractivity contribution in [1.82, 2.24) is 14.9 Å². The minimum atomic E-state index is 0.122. The standard InChI is InChI=1S/C15H27N5/c1-4-5-10-20-11-7-15(2,8-12-20)19(3)14-17-9-6-13(16)18-14/h6,9H,4-5,7-8,10-12H2,1-3H3,(H2,16,17,18). The van der Waals surface area contributed by atoms with Gasteiger partial charge in [0, 0.05) is 31.9 Å². The maximum atomic E-state index is 5.76. The zero-order valence-corrected chi connectivity index (χ0v) is 13.0. The Morgan fingerprint density at radius 3 is 2.70 bits per heavy atom. The number of unbranched alkanes of at least 4 members (excludes halogenated alkanes) is 1. The average molecular weight is 277 g/mol. The quantitative estimate of drug-likeness (QED) is 0.893. The summed E-state index contributed by atoms with van der Waals surface area (Å²) in [6.45, 7) is 8.09. The second-order valence-corrected chi connectivity index (χ2v) is 6.03. The van der Waals surface area contributed by atoms with E-state index in [0.29, 0.717) is 5.82 Å². The summed E-state index contributed by atoms with van der Waals surface area (Å²) in [5, 5.41) is 0. The van der Waals surface area contributed by atoms with Crippen molar-refractivity contribution >= 4 is 11.8 Å². The highest BCUT2D eigenvalue weighted by Gasteiger charge is 2.34. The molecule has 1 aromatic heterocycles. The molecule has 2 heterocycles. The first-order valence-electron chi connectivity index (χ1n) is 7.60. The summed E-state index contributed by atoms with van der Waals surface area (Å²) in [5.41, 5.74) is 5.88. The molecule has 5 nitrogen and oxygen atoms in total. The fourth-order valence-electron chi connectivity index (χ4n) is 2.74. The Kier molecular flexibility index (Phi) is 4.81. The third-order valence-corrected chi connectivity index (χ3v) is 4.54. The van der Waals surface area contributed by atoms with Crippen LogP contribution in [0, 0.1) is 0 Å². The van der Waals surface area contributed by atoms with Crippen molar-refractivity contribution in [3.63, 3.8) is 0 Å². The van der Waals surface area contributed by atoms with Gasteiger partial charge in [0.15, 0.2) is 0 Å². The van der Waals surface area contributed by atoms with Gasteiger partial charge in [-0.1, -0.05) is 13.3 Å². The van der Waals surface area contributed by atoms with Crippen molar-refractivity contribution < 1.29 is 0 Å². The SMILES string of the molecule is CCCCN1CCC(C)(N(C)c2nccc(N)n2)CC1. The number of piperidine rings is 1. The predicted molar refractivity (Wildman–Crippen MR) is 83.8 cm³/mol. The van der Waals surface area contributed by atoms with E-state index in [4.69, 9.17) is 5.73 Å². The number of aromatic nitrogens is 2. The molecule has 2 N–H and O–H groups in total. The third-order valence-electron chi connectivity index (χ3n) is 4.54. The molecule has 0 saturated carbocycles. The molecule has 0 amide bonds. The van der Waals surface area contributed by atoms with E-state index in [2.05, 4.69) is 40.7 Å². The smallest absolute Gasteiger partial charge is 0.227 e. The van der Waals surface area contributed by atoms with Crippen LogP contribution in [0.2, 0.25) is 0 Å². The summed E-state index contributed by atoms with van der Waals surface area (Å²) in [6, 6.07) is 1.73. The summed E-state index contributed by atoms with van der Waals surface area (Å²) >= 11 is 0. The average Bonchev–Trinajstić information content (AvgIpc) is 2.46. The molecule has 0 atom stereocenters. The summed E-state index contributed by atoms with van der Waals surface area (Å²) in [7, 11) is 2.08. The first-order valence-corrected chi connectivity index (χ1v) is 7.60. The lowest BCUT2D eigenvalue weighted by Gasteiger charge is -2.45. The zero-order valence-electron chi connectivity index (χ0n) is 13.0. The second kappa shape index (κ2) is 6.39. The minimum Gasteiger partial charge on any atom is -0.384 e. The topological polar surface area (TPSA) is 58.3 Å². The molecule has 0 unspecified atom stereocenters. The second-order valence-electron chi connectivity index (χ2n) is 6.03. The van der Waals surface area contributed by atoms with Gasteiger partial charge in [0.25, 0.3) is 0 Å². The van der Waals surface area contributed by atoms with E-state index in [0.717, 1.165) is 31.9 Å². The number of hydrogen-bond acceptors (Lipinski definition) is 5. The number of rotatable bonds is 5. The highest BCUT2D eigenvalue weighted by molar-refractivity contribution is 5.39. The molecule has 5 heteroatoms. The normalized spacial score (nSPS) is 18.9. The molecular weight excluding hydrogens is 250 g/mol. The van der Waals surface area contributed by atoms with Crippen molar-refractivity contribution in [1.29, 1.82) is 0 Å². The molecule has 0 aromatic carbocycles. The summed E-state index contributed by atoms with van der Waals surface area (Å²) in [4.78, 5) is 13.5. The minimum absolute atomic E-state index is 0.122. The zero-order chi connectivity index (χ0) is 14.6. The van der Waals surface area contributed by atoms with Crippen molar-refractivity contribution in [2.24, 2.45) is 0 Å². The summed E-state index contributed by atoms with van der Waals surface area (Å²) < 4.78 is 0. The Morgan fingerprint density at radius 2 is 2.10 bits per heavy atom. The van der Waals surface area contributed by atoms with Crippen molar-refractivity contribution in [3.8, 4) is 0 Å². The lowest BCUT2D eigenvalue weighted by Crippen LogP contribution is -2.53. The van der Waals surface area contributed by atoms with Crippen molar-refractivity contribution in [2.45, 2.75) is 45.1 Å². The Labute approximate surface area is 122 Å². The summed E-state index contributed by atoms with van der Waals surface area (Å²) in [6.07, 6.45) is 6.58. The number of nitrogens with two attached hydrogens (primary N) is 1. The molecule has 1 aliphatic heterocycles. The van der Waals surface area contributed by atoms with Gasteiger partial charge < -0.3 is 15.5 Å². The monoisotopic (exact) mass is 277 g/mol. The van der Waals surface area contributed by atoms with Gasteiger partial charge in [-0.15, -0.1) is 0 Å². The Bertz CT molecular complexity index is 426. The van der Waals surface area contributed by atoms with Crippen LogP contribution in [0.15, 0.2) is 12.3 Å². The van der Waals surface area contributed by atoms with Gasteiger partial charge in [-0.25, -0.2) is 4.98 Å². The van der Waals surface area contributed by atoms with E-state index in [-0.39, 0.29) is 5.54 Å². The molecule has 1 aromatic rings. The fourth-order valence-corrected chi connectivity index (χ4v) is 2.74. The maximum absolute atomic E-state index is 5.76. The van der Waals surface area contributed by atoms with Crippen LogP contribution in [0.5, 0.6) is 0 Å². The molecule has 1 fully saturated rings. The van der Waals surface area contributed by atoms with E-state index in [1.54, 1.807) is 12.3 Å². The number of nitrogens with zero attached hydrogens (tertiary/aromatic N) is 4. The van der Waals surface area contributed by atoms with E-state index in [9.17, 15) is 0 Å². The molecular formula is C15H27N5. The van der Waals surface area contributed by atoms with Gasteiger partial charge in [0.05, 0.1) is 0 Å². The van der Waals surface area contributed by atoms with Gasteiger partial charge in [0.2, 0.25) is 5.95 Å². The highest BCUT2D eigenvalue weighted by Crippen LogP contribution is 2.30. The molecule has 0 spiro atoms. The van der Waals surface area contributed by atoms with Crippen molar-refractivity contribution in [3.05, 3.63) is 12.3 Å². The van der Waals surface area contributed by atoms with E-state index < -0.39 is 0 Å². The van der Waals surface area contributed by atoms with Crippen LogP contribution in [-0.4, -0.2) is 47.1 Å². The number of hydrogen-bond donors (Lipinski definition) is 1. The molecule has 1 aliphatic rings. The molecule has 1 saturated heterocycles. The molecule has 0 aliphatic carbocycles. The Balaban J connectivity index is 1.98. The van der Waals surface area contributed by atoms with Crippen LogP contribution in [0.1, 0.15) is 39.5 Å². The third kappa shape index (κ3) is 3.39. The first kappa shape index (κ1) is 15.0. The molecule has 2 rings (SSSR count). The summed E-state index contributed by atoms with van der Waals surface area (Å²) in [5.74, 6) is 1.26. The van der Waals surface area contributed by atoms with Crippen molar-refractivity contribution in [2.75, 3.05) is 37.3 Å². The van der Waals surface area contributed by atoms with Crippen LogP contribution in [-0.2, 0) is 0 Å². The van der Waals surface area contributed by atoms with E-state index in [1.807, 2.05) is 0 Å².